The fraction of sp³-hybridized carbons (Fsp3) is 0.458. The Morgan fingerprint density at radius 2 is 1.90 bits per heavy atom. The number of morpholine rings is 1. The van der Waals surface area contributed by atoms with E-state index in [1.165, 1.54) is 11.1 Å². The molecule has 2 aliphatic heterocycles. The highest BCUT2D eigenvalue weighted by molar-refractivity contribution is 5.95. The summed E-state index contributed by atoms with van der Waals surface area (Å²) in [5, 5.41) is 3.17. The van der Waals surface area contributed by atoms with Gasteiger partial charge in [0, 0.05) is 44.3 Å². The lowest BCUT2D eigenvalue weighted by atomic mass is 9.99. The lowest BCUT2D eigenvalue weighted by molar-refractivity contribution is 0.0927. The summed E-state index contributed by atoms with van der Waals surface area (Å²) in [5.74, 6) is 0.741. The van der Waals surface area contributed by atoms with Crippen LogP contribution in [0.3, 0.4) is 0 Å². The summed E-state index contributed by atoms with van der Waals surface area (Å²) in [6, 6.07) is 14.3. The molecule has 6 heteroatoms. The molecule has 2 aliphatic rings. The first-order chi connectivity index (χ1) is 14.6. The molecule has 0 aliphatic carbocycles. The van der Waals surface area contributed by atoms with Gasteiger partial charge in [0.05, 0.1) is 26.0 Å². The zero-order valence-electron chi connectivity index (χ0n) is 17.9. The van der Waals surface area contributed by atoms with Crippen LogP contribution < -0.4 is 15.0 Å². The molecule has 1 fully saturated rings. The summed E-state index contributed by atoms with van der Waals surface area (Å²) in [4.78, 5) is 17.5. The number of hydrogen-bond donors (Lipinski definition) is 1. The van der Waals surface area contributed by atoms with Gasteiger partial charge in [-0.1, -0.05) is 24.3 Å². The van der Waals surface area contributed by atoms with Gasteiger partial charge in [0.25, 0.3) is 5.91 Å². The van der Waals surface area contributed by atoms with Gasteiger partial charge in [-0.05, 0) is 42.7 Å². The van der Waals surface area contributed by atoms with Crippen LogP contribution in [0.2, 0.25) is 0 Å². The predicted molar refractivity (Wildman–Crippen MR) is 118 cm³/mol. The van der Waals surface area contributed by atoms with Crippen molar-refractivity contribution in [3.05, 3.63) is 59.2 Å². The van der Waals surface area contributed by atoms with Crippen molar-refractivity contribution >= 4 is 11.6 Å². The minimum Gasteiger partial charge on any atom is -0.495 e. The van der Waals surface area contributed by atoms with Crippen LogP contribution >= 0.6 is 0 Å². The number of nitrogens with one attached hydrogen (secondary N) is 1. The summed E-state index contributed by atoms with van der Waals surface area (Å²) >= 11 is 0. The van der Waals surface area contributed by atoms with Crippen molar-refractivity contribution in [2.75, 3.05) is 51.4 Å². The molecule has 1 unspecified atom stereocenters. The van der Waals surface area contributed by atoms with Crippen molar-refractivity contribution in [2.45, 2.75) is 25.9 Å². The molecular weight excluding hydrogens is 378 g/mol. The highest BCUT2D eigenvalue weighted by atomic mass is 16.5. The number of fused-ring (bicyclic) bond motifs is 1. The summed E-state index contributed by atoms with van der Waals surface area (Å²) < 4.78 is 11.0. The molecule has 30 heavy (non-hydrogen) atoms. The minimum absolute atomic E-state index is 0.0444. The van der Waals surface area contributed by atoms with Crippen LogP contribution in [-0.4, -0.2) is 63.4 Å². The van der Waals surface area contributed by atoms with Crippen molar-refractivity contribution in [2.24, 2.45) is 0 Å². The van der Waals surface area contributed by atoms with Gasteiger partial charge >= 0.3 is 0 Å². The standard InChI is InChI=1S/C24H31N3O3/c1-18(16-26-10-9-19-5-3-4-6-21(19)17-26)25-24(28)20-7-8-23(29-2)22(15-20)27-11-13-30-14-12-27/h3-8,15,18H,9-14,16-17H2,1-2H3,(H,25,28). The fourth-order valence-electron chi connectivity index (χ4n) is 4.33. The topological polar surface area (TPSA) is 54.0 Å². The second-order valence-corrected chi connectivity index (χ2v) is 8.11. The first-order valence-electron chi connectivity index (χ1n) is 10.7. The molecule has 0 spiro atoms. The van der Waals surface area contributed by atoms with Gasteiger partial charge in [0.2, 0.25) is 0 Å². The Morgan fingerprint density at radius 1 is 1.13 bits per heavy atom. The molecular formula is C24H31N3O3. The van der Waals surface area contributed by atoms with E-state index < -0.39 is 0 Å². The zero-order valence-corrected chi connectivity index (χ0v) is 17.9. The van der Waals surface area contributed by atoms with E-state index in [2.05, 4.69) is 46.3 Å². The summed E-state index contributed by atoms with van der Waals surface area (Å²) in [7, 11) is 1.66. The molecule has 1 amide bonds. The van der Waals surface area contributed by atoms with Gasteiger partial charge in [-0.2, -0.15) is 0 Å². The molecule has 0 saturated carbocycles. The minimum atomic E-state index is -0.0444. The van der Waals surface area contributed by atoms with Gasteiger partial charge in [-0.3, -0.25) is 9.69 Å². The largest absolute Gasteiger partial charge is 0.495 e. The van der Waals surface area contributed by atoms with Gasteiger partial charge in [-0.25, -0.2) is 0 Å². The van der Waals surface area contributed by atoms with Crippen LogP contribution in [0.25, 0.3) is 0 Å². The van der Waals surface area contributed by atoms with E-state index in [1.54, 1.807) is 7.11 Å². The zero-order chi connectivity index (χ0) is 20.9. The van der Waals surface area contributed by atoms with E-state index in [9.17, 15) is 4.79 Å². The first-order valence-corrected chi connectivity index (χ1v) is 10.7. The lowest BCUT2D eigenvalue weighted by Gasteiger charge is -2.31. The lowest BCUT2D eigenvalue weighted by Crippen LogP contribution is -2.43. The maximum absolute atomic E-state index is 12.9. The number of nitrogens with zero attached hydrogens (tertiary/aromatic N) is 2. The van der Waals surface area contributed by atoms with E-state index in [-0.39, 0.29) is 11.9 Å². The fourth-order valence-corrected chi connectivity index (χ4v) is 4.33. The van der Waals surface area contributed by atoms with Gasteiger partial charge in [0.15, 0.2) is 0 Å². The molecule has 2 aromatic carbocycles. The quantitative estimate of drug-likeness (QED) is 0.795. The number of rotatable bonds is 6. The number of benzene rings is 2. The third-order valence-corrected chi connectivity index (χ3v) is 5.91. The van der Waals surface area contributed by atoms with Gasteiger partial charge < -0.3 is 19.7 Å². The average Bonchev–Trinajstić information content (AvgIpc) is 2.79. The number of carbonyl (C=O) groups is 1. The Bertz CT molecular complexity index is 880. The molecule has 6 nitrogen and oxygen atoms in total. The second kappa shape index (κ2) is 9.49. The molecule has 0 aromatic heterocycles. The highest BCUT2D eigenvalue weighted by Gasteiger charge is 2.21. The summed E-state index contributed by atoms with van der Waals surface area (Å²) in [6.45, 7) is 7.87. The Kier molecular flexibility index (Phi) is 6.55. The molecule has 4 rings (SSSR count). The third kappa shape index (κ3) is 4.77. The number of methoxy groups -OCH3 is 1. The van der Waals surface area contributed by atoms with E-state index in [0.717, 1.165) is 50.6 Å². The predicted octanol–water partition coefficient (Wildman–Crippen LogP) is 2.71. The van der Waals surface area contributed by atoms with Crippen molar-refractivity contribution in [1.82, 2.24) is 10.2 Å². The van der Waals surface area contributed by atoms with Gasteiger partial charge in [-0.15, -0.1) is 0 Å². The summed E-state index contributed by atoms with van der Waals surface area (Å²) in [6.07, 6.45) is 1.07. The van der Waals surface area contributed by atoms with Crippen molar-refractivity contribution in [1.29, 1.82) is 0 Å². The Morgan fingerprint density at radius 3 is 2.67 bits per heavy atom. The summed E-state index contributed by atoms with van der Waals surface area (Å²) in [5.41, 5.74) is 4.45. The molecule has 0 radical (unpaired) electrons. The Balaban J connectivity index is 1.38. The Labute approximate surface area is 178 Å². The number of hydrogen-bond acceptors (Lipinski definition) is 5. The SMILES string of the molecule is COc1ccc(C(=O)NC(C)CN2CCc3ccccc3C2)cc1N1CCOCC1. The monoisotopic (exact) mass is 409 g/mol. The van der Waals surface area contributed by atoms with E-state index in [4.69, 9.17) is 9.47 Å². The average molecular weight is 410 g/mol. The number of amides is 1. The Hall–Kier alpha value is -2.57. The van der Waals surface area contributed by atoms with Crippen LogP contribution in [0, 0.1) is 0 Å². The van der Waals surface area contributed by atoms with E-state index >= 15 is 0 Å². The maximum atomic E-state index is 12.9. The van der Waals surface area contributed by atoms with Crippen LogP contribution in [0.15, 0.2) is 42.5 Å². The van der Waals surface area contributed by atoms with Crippen molar-refractivity contribution in [3.8, 4) is 5.75 Å². The molecule has 160 valence electrons. The molecule has 1 saturated heterocycles. The number of carbonyl (C=O) groups excluding carboxylic acids is 1. The highest BCUT2D eigenvalue weighted by Crippen LogP contribution is 2.30. The van der Waals surface area contributed by atoms with Crippen LogP contribution in [0.4, 0.5) is 5.69 Å². The molecule has 1 N–H and O–H groups in total. The van der Waals surface area contributed by atoms with E-state index in [1.807, 2.05) is 18.2 Å². The number of anilines is 1. The number of ether oxygens (including phenoxy) is 2. The smallest absolute Gasteiger partial charge is 0.251 e. The molecule has 2 heterocycles. The molecule has 1 atom stereocenters. The van der Waals surface area contributed by atoms with Crippen molar-refractivity contribution < 1.29 is 14.3 Å². The third-order valence-electron chi connectivity index (χ3n) is 5.91. The maximum Gasteiger partial charge on any atom is 0.251 e. The first kappa shape index (κ1) is 20.7. The van der Waals surface area contributed by atoms with E-state index in [0.29, 0.717) is 18.8 Å². The molecule has 2 aromatic rings. The van der Waals surface area contributed by atoms with Crippen molar-refractivity contribution in [3.63, 3.8) is 0 Å². The van der Waals surface area contributed by atoms with Gasteiger partial charge in [0.1, 0.15) is 5.75 Å². The van der Waals surface area contributed by atoms with Crippen LogP contribution in [0.5, 0.6) is 5.75 Å². The second-order valence-electron chi connectivity index (χ2n) is 8.11. The molecule has 0 bridgehead atoms. The van der Waals surface area contributed by atoms with Crippen LogP contribution in [0.1, 0.15) is 28.4 Å². The normalized spacial score (nSPS) is 17.9. The van der Waals surface area contributed by atoms with Crippen LogP contribution in [-0.2, 0) is 17.7 Å².